The van der Waals surface area contributed by atoms with Gasteiger partial charge in [0.05, 0.1) is 5.54 Å². The molecule has 0 saturated heterocycles. The van der Waals surface area contributed by atoms with Crippen molar-refractivity contribution >= 4 is 5.91 Å². The molecule has 18 heavy (non-hydrogen) atoms. The van der Waals surface area contributed by atoms with E-state index in [1.54, 1.807) is 0 Å². The number of carbonyl (C=O) groups is 1. The highest BCUT2D eigenvalue weighted by Crippen LogP contribution is 2.08. The average Bonchev–Trinajstić information content (AvgIpc) is 2.33. The summed E-state index contributed by atoms with van der Waals surface area (Å²) in [6.45, 7) is 12.2. The molecule has 1 atom stereocenters. The first-order valence-corrected chi connectivity index (χ1v) is 7.27. The zero-order valence-corrected chi connectivity index (χ0v) is 12.6. The number of nitrogens with one attached hydrogen (secondary N) is 1. The minimum Gasteiger partial charge on any atom is -0.355 e. The molecule has 108 valence electrons. The van der Waals surface area contributed by atoms with Crippen molar-refractivity contribution in [2.75, 3.05) is 26.2 Å². The van der Waals surface area contributed by atoms with Crippen molar-refractivity contribution in [1.82, 2.24) is 10.2 Å². The van der Waals surface area contributed by atoms with Gasteiger partial charge in [0.15, 0.2) is 0 Å². The highest BCUT2D eigenvalue weighted by Gasteiger charge is 2.26. The monoisotopic (exact) mass is 257 g/mol. The Labute approximate surface area is 112 Å². The molecule has 0 saturated carbocycles. The number of rotatable bonds is 10. The van der Waals surface area contributed by atoms with Crippen molar-refractivity contribution in [1.29, 1.82) is 0 Å². The Bertz CT molecular complexity index is 225. The zero-order valence-electron chi connectivity index (χ0n) is 12.6. The summed E-state index contributed by atoms with van der Waals surface area (Å²) < 4.78 is 0. The molecule has 1 amide bonds. The van der Waals surface area contributed by atoms with Crippen molar-refractivity contribution in [3.8, 4) is 0 Å². The Morgan fingerprint density at radius 3 is 2.33 bits per heavy atom. The predicted octanol–water partition coefficient (Wildman–Crippen LogP) is 1.74. The normalized spacial score (nSPS) is 14.6. The SMILES string of the molecule is CCCC(C)(N)C(=O)NCCCCN(CC)CC. The summed E-state index contributed by atoms with van der Waals surface area (Å²) in [7, 11) is 0. The van der Waals surface area contributed by atoms with Crippen LogP contribution in [0.2, 0.25) is 0 Å². The highest BCUT2D eigenvalue weighted by molar-refractivity contribution is 5.85. The number of hydrogen-bond acceptors (Lipinski definition) is 3. The van der Waals surface area contributed by atoms with Crippen molar-refractivity contribution in [2.24, 2.45) is 5.73 Å². The van der Waals surface area contributed by atoms with Gasteiger partial charge >= 0.3 is 0 Å². The third-order valence-electron chi connectivity index (χ3n) is 3.37. The molecule has 4 nitrogen and oxygen atoms in total. The summed E-state index contributed by atoms with van der Waals surface area (Å²) in [5.74, 6) is -0.0211. The third kappa shape index (κ3) is 6.97. The number of nitrogens with two attached hydrogens (primary N) is 1. The van der Waals surface area contributed by atoms with E-state index in [2.05, 4.69) is 24.1 Å². The molecule has 1 unspecified atom stereocenters. The van der Waals surface area contributed by atoms with E-state index in [0.29, 0.717) is 0 Å². The molecule has 0 heterocycles. The fourth-order valence-corrected chi connectivity index (χ4v) is 2.04. The Morgan fingerprint density at radius 1 is 1.22 bits per heavy atom. The second kappa shape index (κ2) is 9.34. The second-order valence-electron chi connectivity index (χ2n) is 5.16. The molecule has 0 rings (SSSR count). The molecule has 4 heteroatoms. The van der Waals surface area contributed by atoms with E-state index < -0.39 is 5.54 Å². The molecule has 0 aromatic rings. The number of carbonyl (C=O) groups excluding carboxylic acids is 1. The van der Waals surface area contributed by atoms with Crippen LogP contribution in [-0.4, -0.2) is 42.5 Å². The Hall–Kier alpha value is -0.610. The molecule has 3 N–H and O–H groups in total. The van der Waals surface area contributed by atoms with Crippen molar-refractivity contribution in [3.05, 3.63) is 0 Å². The van der Waals surface area contributed by atoms with E-state index >= 15 is 0 Å². The van der Waals surface area contributed by atoms with Crippen LogP contribution in [0.1, 0.15) is 53.4 Å². The summed E-state index contributed by atoms with van der Waals surface area (Å²) in [4.78, 5) is 14.2. The van der Waals surface area contributed by atoms with Crippen LogP contribution in [0.3, 0.4) is 0 Å². The van der Waals surface area contributed by atoms with Crippen LogP contribution in [-0.2, 0) is 4.79 Å². The molecule has 0 aliphatic rings. The standard InChI is InChI=1S/C14H31N3O/c1-5-10-14(4,15)13(18)16-11-8-9-12-17(6-2)7-3/h5-12,15H2,1-4H3,(H,16,18). The molecule has 0 aliphatic heterocycles. The van der Waals surface area contributed by atoms with E-state index in [9.17, 15) is 4.79 Å². The van der Waals surface area contributed by atoms with Gasteiger partial charge in [-0.15, -0.1) is 0 Å². The van der Waals surface area contributed by atoms with Crippen LogP contribution in [0.25, 0.3) is 0 Å². The third-order valence-corrected chi connectivity index (χ3v) is 3.37. The molecular weight excluding hydrogens is 226 g/mol. The number of amides is 1. The van der Waals surface area contributed by atoms with E-state index in [1.165, 1.54) is 0 Å². The highest BCUT2D eigenvalue weighted by atomic mass is 16.2. The molecule has 0 aromatic heterocycles. The molecular formula is C14H31N3O. The van der Waals surface area contributed by atoms with Gasteiger partial charge in [-0.3, -0.25) is 4.79 Å². The van der Waals surface area contributed by atoms with Crippen LogP contribution < -0.4 is 11.1 Å². The van der Waals surface area contributed by atoms with Crippen LogP contribution in [0.15, 0.2) is 0 Å². The number of unbranched alkanes of at least 4 members (excludes halogenated alkanes) is 1. The zero-order chi connectivity index (χ0) is 14.0. The Kier molecular flexibility index (Phi) is 9.02. The maximum Gasteiger partial charge on any atom is 0.239 e. The fraction of sp³-hybridized carbons (Fsp3) is 0.929. The molecule has 0 aliphatic carbocycles. The van der Waals surface area contributed by atoms with E-state index in [-0.39, 0.29) is 5.91 Å². The van der Waals surface area contributed by atoms with E-state index in [4.69, 9.17) is 5.73 Å². The van der Waals surface area contributed by atoms with Gasteiger partial charge in [0.25, 0.3) is 0 Å². The maximum atomic E-state index is 11.8. The lowest BCUT2D eigenvalue weighted by molar-refractivity contribution is -0.126. The first-order valence-electron chi connectivity index (χ1n) is 7.27. The maximum absolute atomic E-state index is 11.8. The average molecular weight is 257 g/mol. The minimum absolute atomic E-state index is 0.0211. The van der Waals surface area contributed by atoms with Gasteiger partial charge in [-0.25, -0.2) is 0 Å². The fourth-order valence-electron chi connectivity index (χ4n) is 2.04. The molecule has 0 radical (unpaired) electrons. The summed E-state index contributed by atoms with van der Waals surface area (Å²) in [6, 6.07) is 0. The van der Waals surface area contributed by atoms with Crippen LogP contribution in [0.5, 0.6) is 0 Å². The van der Waals surface area contributed by atoms with Gasteiger partial charge in [-0.1, -0.05) is 27.2 Å². The van der Waals surface area contributed by atoms with Gasteiger partial charge in [0, 0.05) is 6.54 Å². The van der Waals surface area contributed by atoms with Gasteiger partial charge in [0.1, 0.15) is 0 Å². The van der Waals surface area contributed by atoms with E-state index in [1.807, 2.05) is 13.8 Å². The Morgan fingerprint density at radius 2 is 1.83 bits per heavy atom. The van der Waals surface area contributed by atoms with Crippen LogP contribution in [0, 0.1) is 0 Å². The first kappa shape index (κ1) is 17.4. The minimum atomic E-state index is -0.715. The smallest absolute Gasteiger partial charge is 0.239 e. The second-order valence-corrected chi connectivity index (χ2v) is 5.16. The summed E-state index contributed by atoms with van der Waals surface area (Å²) in [6.07, 6.45) is 3.81. The lowest BCUT2D eigenvalue weighted by Crippen LogP contribution is -2.51. The van der Waals surface area contributed by atoms with Gasteiger partial charge in [-0.05, 0) is 45.8 Å². The summed E-state index contributed by atoms with van der Waals surface area (Å²) in [5, 5.41) is 2.94. The van der Waals surface area contributed by atoms with Crippen molar-refractivity contribution in [3.63, 3.8) is 0 Å². The van der Waals surface area contributed by atoms with Gasteiger partial charge in [0.2, 0.25) is 5.91 Å². The predicted molar refractivity (Wildman–Crippen MR) is 77.5 cm³/mol. The van der Waals surface area contributed by atoms with Crippen molar-refractivity contribution in [2.45, 2.75) is 58.9 Å². The van der Waals surface area contributed by atoms with Gasteiger partial charge < -0.3 is 16.0 Å². The van der Waals surface area contributed by atoms with E-state index in [0.717, 1.165) is 51.9 Å². The largest absolute Gasteiger partial charge is 0.355 e. The summed E-state index contributed by atoms with van der Waals surface area (Å²) >= 11 is 0. The topological polar surface area (TPSA) is 58.4 Å². The quantitative estimate of drug-likeness (QED) is 0.586. The lowest BCUT2D eigenvalue weighted by atomic mass is 9.96. The number of nitrogens with zero attached hydrogens (tertiary/aromatic N) is 1. The van der Waals surface area contributed by atoms with Crippen molar-refractivity contribution < 1.29 is 4.79 Å². The molecule has 0 aromatic carbocycles. The summed E-state index contributed by atoms with van der Waals surface area (Å²) in [5.41, 5.74) is 5.24. The number of hydrogen-bond donors (Lipinski definition) is 2. The van der Waals surface area contributed by atoms with Crippen LogP contribution in [0.4, 0.5) is 0 Å². The Balaban J connectivity index is 3.69. The first-order chi connectivity index (χ1) is 8.47. The molecule has 0 bridgehead atoms. The molecule has 0 fully saturated rings. The lowest BCUT2D eigenvalue weighted by Gasteiger charge is -2.23. The van der Waals surface area contributed by atoms with Gasteiger partial charge in [-0.2, -0.15) is 0 Å². The molecule has 0 spiro atoms. The van der Waals surface area contributed by atoms with Crippen LogP contribution >= 0.6 is 0 Å².